The largest absolute Gasteiger partial charge is 0.379 e. The van der Waals surface area contributed by atoms with E-state index in [0.29, 0.717) is 0 Å². The summed E-state index contributed by atoms with van der Waals surface area (Å²) in [6.07, 6.45) is 5.66. The number of aromatic nitrogens is 2. The Balaban J connectivity index is 2.68. The Morgan fingerprint density at radius 1 is 1.33 bits per heavy atom. The molecule has 102 valence electrons. The number of methoxy groups -OCH3 is 1. The SMILES string of the molecule is CCNC(CCC(C)(C)OC)c1cnc(C)cn1. The molecule has 1 heterocycles. The van der Waals surface area contributed by atoms with Gasteiger partial charge < -0.3 is 10.1 Å². The number of hydrogen-bond donors (Lipinski definition) is 1. The molecule has 1 atom stereocenters. The van der Waals surface area contributed by atoms with Crippen molar-refractivity contribution < 1.29 is 4.74 Å². The summed E-state index contributed by atoms with van der Waals surface area (Å²) in [5.74, 6) is 0. The zero-order chi connectivity index (χ0) is 13.6. The average molecular weight is 251 g/mol. The molecule has 1 N–H and O–H groups in total. The van der Waals surface area contributed by atoms with Crippen LogP contribution in [0.25, 0.3) is 0 Å². The summed E-state index contributed by atoms with van der Waals surface area (Å²) in [7, 11) is 1.76. The van der Waals surface area contributed by atoms with Crippen LogP contribution in [0.15, 0.2) is 12.4 Å². The number of nitrogens with one attached hydrogen (secondary N) is 1. The highest BCUT2D eigenvalue weighted by atomic mass is 16.5. The van der Waals surface area contributed by atoms with Gasteiger partial charge in [-0.25, -0.2) is 0 Å². The molecule has 1 unspecified atom stereocenters. The molecule has 1 rings (SSSR count). The molecule has 0 saturated carbocycles. The van der Waals surface area contributed by atoms with Crippen molar-refractivity contribution >= 4 is 0 Å². The van der Waals surface area contributed by atoms with Gasteiger partial charge in [-0.1, -0.05) is 6.92 Å². The Morgan fingerprint density at radius 2 is 2.06 bits per heavy atom. The van der Waals surface area contributed by atoms with Crippen molar-refractivity contribution in [3.8, 4) is 0 Å². The van der Waals surface area contributed by atoms with Crippen LogP contribution >= 0.6 is 0 Å². The normalized spacial score (nSPS) is 13.6. The molecule has 0 bridgehead atoms. The molecule has 0 aliphatic carbocycles. The van der Waals surface area contributed by atoms with Crippen molar-refractivity contribution in [1.29, 1.82) is 0 Å². The zero-order valence-electron chi connectivity index (χ0n) is 12.2. The predicted molar refractivity (Wildman–Crippen MR) is 73.5 cm³/mol. The minimum absolute atomic E-state index is 0.0915. The molecule has 0 aliphatic heterocycles. The van der Waals surface area contributed by atoms with Crippen LogP contribution in [0.3, 0.4) is 0 Å². The topological polar surface area (TPSA) is 47.0 Å². The Bertz CT molecular complexity index is 349. The van der Waals surface area contributed by atoms with Gasteiger partial charge in [-0.15, -0.1) is 0 Å². The summed E-state index contributed by atoms with van der Waals surface area (Å²) >= 11 is 0. The molecule has 0 spiro atoms. The van der Waals surface area contributed by atoms with E-state index in [1.165, 1.54) is 0 Å². The fourth-order valence-electron chi connectivity index (χ4n) is 1.78. The molecule has 1 aromatic heterocycles. The lowest BCUT2D eigenvalue weighted by atomic mass is 9.97. The molecular weight excluding hydrogens is 226 g/mol. The molecule has 4 heteroatoms. The Kier molecular flexibility index (Phi) is 5.69. The highest BCUT2D eigenvalue weighted by molar-refractivity contribution is 5.06. The molecule has 0 radical (unpaired) electrons. The third-order valence-electron chi connectivity index (χ3n) is 3.20. The average Bonchev–Trinajstić information content (AvgIpc) is 2.36. The fourth-order valence-corrected chi connectivity index (χ4v) is 1.78. The summed E-state index contributed by atoms with van der Waals surface area (Å²) in [5.41, 5.74) is 1.87. The number of ether oxygens (including phenoxy) is 1. The Morgan fingerprint density at radius 3 is 2.56 bits per heavy atom. The smallest absolute Gasteiger partial charge is 0.0756 e. The van der Waals surface area contributed by atoms with E-state index in [0.717, 1.165) is 30.8 Å². The Hall–Kier alpha value is -1.00. The van der Waals surface area contributed by atoms with Crippen LogP contribution in [0.2, 0.25) is 0 Å². The van der Waals surface area contributed by atoms with Gasteiger partial charge in [-0.3, -0.25) is 9.97 Å². The highest BCUT2D eigenvalue weighted by Gasteiger charge is 2.20. The first-order valence-electron chi connectivity index (χ1n) is 6.55. The second-order valence-electron chi connectivity index (χ2n) is 5.20. The number of hydrogen-bond acceptors (Lipinski definition) is 4. The maximum atomic E-state index is 5.46. The van der Waals surface area contributed by atoms with Gasteiger partial charge in [0.15, 0.2) is 0 Å². The maximum absolute atomic E-state index is 5.46. The van der Waals surface area contributed by atoms with E-state index in [4.69, 9.17) is 4.74 Å². The molecule has 0 fully saturated rings. The summed E-state index contributed by atoms with van der Waals surface area (Å²) in [6, 6.07) is 0.248. The van der Waals surface area contributed by atoms with E-state index >= 15 is 0 Å². The van der Waals surface area contributed by atoms with Gasteiger partial charge in [0.25, 0.3) is 0 Å². The lowest BCUT2D eigenvalue weighted by Gasteiger charge is -2.26. The monoisotopic (exact) mass is 251 g/mol. The van der Waals surface area contributed by atoms with Crippen LogP contribution in [0.5, 0.6) is 0 Å². The molecule has 18 heavy (non-hydrogen) atoms. The van der Waals surface area contributed by atoms with Crippen molar-refractivity contribution in [3.05, 3.63) is 23.8 Å². The second-order valence-corrected chi connectivity index (χ2v) is 5.20. The minimum atomic E-state index is -0.0915. The molecule has 0 saturated heterocycles. The van der Waals surface area contributed by atoms with Gasteiger partial charge in [0, 0.05) is 13.3 Å². The molecule has 0 aromatic carbocycles. The van der Waals surface area contributed by atoms with E-state index in [-0.39, 0.29) is 11.6 Å². The van der Waals surface area contributed by atoms with E-state index < -0.39 is 0 Å². The quantitative estimate of drug-likeness (QED) is 0.809. The van der Waals surface area contributed by atoms with Gasteiger partial charge in [-0.2, -0.15) is 0 Å². The van der Waals surface area contributed by atoms with Crippen LogP contribution in [0.1, 0.15) is 51.0 Å². The van der Waals surface area contributed by atoms with Gasteiger partial charge in [-0.05, 0) is 40.2 Å². The summed E-state index contributed by atoms with van der Waals surface area (Å²) < 4.78 is 5.46. The lowest BCUT2D eigenvalue weighted by Crippen LogP contribution is -2.28. The fraction of sp³-hybridized carbons (Fsp3) is 0.714. The van der Waals surface area contributed by atoms with Crippen molar-refractivity contribution in [2.24, 2.45) is 0 Å². The van der Waals surface area contributed by atoms with Crippen LogP contribution in [0, 0.1) is 6.92 Å². The van der Waals surface area contributed by atoms with Gasteiger partial charge >= 0.3 is 0 Å². The first-order valence-corrected chi connectivity index (χ1v) is 6.55. The van der Waals surface area contributed by atoms with Crippen molar-refractivity contribution in [2.45, 2.75) is 52.2 Å². The molecular formula is C14H25N3O. The second kappa shape index (κ2) is 6.81. The first-order chi connectivity index (χ1) is 8.48. The van der Waals surface area contributed by atoms with Gasteiger partial charge in [0.1, 0.15) is 0 Å². The highest BCUT2D eigenvalue weighted by Crippen LogP contribution is 2.23. The van der Waals surface area contributed by atoms with Crippen molar-refractivity contribution in [2.75, 3.05) is 13.7 Å². The van der Waals surface area contributed by atoms with Crippen LogP contribution in [-0.4, -0.2) is 29.2 Å². The molecule has 1 aromatic rings. The summed E-state index contributed by atoms with van der Waals surface area (Å²) in [4.78, 5) is 8.77. The number of nitrogens with zero attached hydrogens (tertiary/aromatic N) is 2. The lowest BCUT2D eigenvalue weighted by molar-refractivity contribution is 0.0116. The van der Waals surface area contributed by atoms with Crippen molar-refractivity contribution in [3.63, 3.8) is 0 Å². The number of rotatable bonds is 7. The zero-order valence-corrected chi connectivity index (χ0v) is 12.2. The molecule has 4 nitrogen and oxygen atoms in total. The maximum Gasteiger partial charge on any atom is 0.0756 e. The van der Waals surface area contributed by atoms with E-state index in [9.17, 15) is 0 Å². The third kappa shape index (κ3) is 4.70. The minimum Gasteiger partial charge on any atom is -0.379 e. The van der Waals surface area contributed by atoms with Gasteiger partial charge in [0.05, 0.1) is 29.2 Å². The standard InChI is InChI=1S/C14H25N3O/c1-6-15-12(7-8-14(3,4)18-5)13-10-16-11(2)9-17-13/h9-10,12,15H,6-8H2,1-5H3. The Labute approximate surface area is 110 Å². The number of aryl methyl sites for hydroxylation is 1. The van der Waals surface area contributed by atoms with Gasteiger partial charge in [0.2, 0.25) is 0 Å². The van der Waals surface area contributed by atoms with Crippen molar-refractivity contribution in [1.82, 2.24) is 15.3 Å². The van der Waals surface area contributed by atoms with Crippen LogP contribution in [-0.2, 0) is 4.74 Å². The summed E-state index contributed by atoms with van der Waals surface area (Å²) in [6.45, 7) is 9.20. The summed E-state index contributed by atoms with van der Waals surface area (Å²) in [5, 5.41) is 3.46. The van der Waals surface area contributed by atoms with E-state index in [2.05, 4.69) is 36.1 Å². The van der Waals surface area contributed by atoms with Crippen LogP contribution < -0.4 is 5.32 Å². The molecule has 0 amide bonds. The predicted octanol–water partition coefficient (Wildman–Crippen LogP) is 2.64. The third-order valence-corrected chi connectivity index (χ3v) is 3.20. The van der Waals surface area contributed by atoms with Crippen LogP contribution in [0.4, 0.5) is 0 Å². The van der Waals surface area contributed by atoms with E-state index in [1.54, 1.807) is 7.11 Å². The first kappa shape index (κ1) is 15.1. The molecule has 0 aliphatic rings. The van der Waals surface area contributed by atoms with E-state index in [1.807, 2.05) is 19.3 Å².